The molecule has 0 unspecified atom stereocenters. The van der Waals surface area contributed by atoms with Crippen molar-refractivity contribution in [2.24, 2.45) is 0 Å². The molecule has 1 aromatic rings. The smallest absolute Gasteiger partial charge is 0.335 e. The van der Waals surface area contributed by atoms with Gasteiger partial charge in [0.25, 0.3) is 0 Å². The van der Waals surface area contributed by atoms with Crippen LogP contribution in [-0.4, -0.2) is 30.3 Å². The number of anilines is 1. The monoisotopic (exact) mass is 223 g/mol. The number of aromatic carboxylic acids is 1. The Balaban J connectivity index is 2.68. The van der Waals surface area contributed by atoms with Crippen molar-refractivity contribution in [2.45, 2.75) is 19.4 Å². The summed E-state index contributed by atoms with van der Waals surface area (Å²) >= 11 is 0. The number of nitrogens with one attached hydrogen (secondary N) is 1. The lowest BCUT2D eigenvalue weighted by Gasteiger charge is -2.23. The van der Waals surface area contributed by atoms with Crippen molar-refractivity contribution in [3.8, 4) is 0 Å². The average Bonchev–Trinajstić information content (AvgIpc) is 2.27. The molecule has 0 aliphatic carbocycles. The average molecular weight is 223 g/mol. The van der Waals surface area contributed by atoms with E-state index in [9.17, 15) is 4.79 Å². The summed E-state index contributed by atoms with van der Waals surface area (Å²) in [5.41, 5.74) is 0.782. The summed E-state index contributed by atoms with van der Waals surface area (Å²) in [4.78, 5) is 10.8. The van der Waals surface area contributed by atoms with Gasteiger partial charge in [-0.2, -0.15) is 0 Å². The maximum absolute atomic E-state index is 10.8. The first-order valence-corrected chi connectivity index (χ1v) is 5.07. The molecular formula is C12H17NO3. The highest BCUT2D eigenvalue weighted by Gasteiger charge is 2.15. The zero-order valence-electron chi connectivity index (χ0n) is 9.78. The number of hydrogen-bond donors (Lipinski definition) is 2. The van der Waals surface area contributed by atoms with Crippen molar-refractivity contribution < 1.29 is 14.6 Å². The van der Waals surface area contributed by atoms with Crippen molar-refractivity contribution in [3.05, 3.63) is 29.8 Å². The molecular weight excluding hydrogens is 206 g/mol. The van der Waals surface area contributed by atoms with E-state index < -0.39 is 5.97 Å². The van der Waals surface area contributed by atoms with Crippen LogP contribution in [0.2, 0.25) is 0 Å². The second-order valence-corrected chi connectivity index (χ2v) is 4.20. The van der Waals surface area contributed by atoms with E-state index in [1.165, 1.54) is 0 Å². The van der Waals surface area contributed by atoms with Crippen molar-refractivity contribution in [3.63, 3.8) is 0 Å². The van der Waals surface area contributed by atoms with E-state index >= 15 is 0 Å². The maximum atomic E-state index is 10.8. The largest absolute Gasteiger partial charge is 0.478 e. The Hall–Kier alpha value is -1.55. The van der Waals surface area contributed by atoms with E-state index in [0.717, 1.165) is 5.69 Å². The Morgan fingerprint density at radius 3 is 2.75 bits per heavy atom. The van der Waals surface area contributed by atoms with E-state index in [0.29, 0.717) is 6.54 Å². The minimum absolute atomic E-state index is 0.278. The number of benzene rings is 1. The van der Waals surface area contributed by atoms with Crippen molar-refractivity contribution in [1.82, 2.24) is 0 Å². The summed E-state index contributed by atoms with van der Waals surface area (Å²) in [6, 6.07) is 6.72. The first-order chi connectivity index (χ1) is 7.44. The normalized spacial score (nSPS) is 11.2. The van der Waals surface area contributed by atoms with Crippen LogP contribution in [0.3, 0.4) is 0 Å². The van der Waals surface area contributed by atoms with Gasteiger partial charge in [-0.15, -0.1) is 0 Å². The standard InChI is InChI=1S/C12H17NO3/c1-12(2,16-3)8-13-10-6-4-5-9(7-10)11(14)15/h4-7,13H,8H2,1-3H3,(H,14,15). The van der Waals surface area contributed by atoms with Gasteiger partial charge in [0.15, 0.2) is 0 Å². The van der Waals surface area contributed by atoms with E-state index in [1.807, 2.05) is 19.9 Å². The lowest BCUT2D eigenvalue weighted by Crippen LogP contribution is -2.32. The van der Waals surface area contributed by atoms with Crippen molar-refractivity contribution >= 4 is 11.7 Å². The summed E-state index contributed by atoms with van der Waals surface area (Å²) in [6.45, 7) is 4.54. The van der Waals surface area contributed by atoms with Gasteiger partial charge < -0.3 is 15.2 Å². The molecule has 16 heavy (non-hydrogen) atoms. The molecule has 0 amide bonds. The number of hydrogen-bond acceptors (Lipinski definition) is 3. The van der Waals surface area contributed by atoms with Crippen LogP contribution in [0.4, 0.5) is 5.69 Å². The molecule has 2 N–H and O–H groups in total. The molecule has 1 aromatic carbocycles. The van der Waals surface area contributed by atoms with Crippen LogP contribution >= 0.6 is 0 Å². The fraction of sp³-hybridized carbons (Fsp3) is 0.417. The zero-order chi connectivity index (χ0) is 12.2. The van der Waals surface area contributed by atoms with Gasteiger partial charge in [0.05, 0.1) is 11.2 Å². The van der Waals surface area contributed by atoms with E-state index in [1.54, 1.807) is 25.3 Å². The molecule has 0 fully saturated rings. The first-order valence-electron chi connectivity index (χ1n) is 5.07. The molecule has 0 aliphatic rings. The Kier molecular flexibility index (Phi) is 3.90. The summed E-state index contributed by atoms with van der Waals surface area (Å²) in [5, 5.41) is 12.0. The first kappa shape index (κ1) is 12.5. The summed E-state index contributed by atoms with van der Waals surface area (Å²) < 4.78 is 5.26. The number of carboxylic acid groups (broad SMARTS) is 1. The van der Waals surface area contributed by atoms with E-state index in [2.05, 4.69) is 5.32 Å². The molecule has 1 rings (SSSR count). The predicted molar refractivity (Wildman–Crippen MR) is 63.0 cm³/mol. The van der Waals surface area contributed by atoms with Gasteiger partial charge in [0.1, 0.15) is 0 Å². The van der Waals surface area contributed by atoms with Gasteiger partial charge in [-0.3, -0.25) is 0 Å². The lowest BCUT2D eigenvalue weighted by molar-refractivity contribution is 0.0344. The van der Waals surface area contributed by atoms with Gasteiger partial charge in [-0.25, -0.2) is 4.79 Å². The van der Waals surface area contributed by atoms with E-state index in [4.69, 9.17) is 9.84 Å². The van der Waals surface area contributed by atoms with Crippen LogP contribution in [0.5, 0.6) is 0 Å². The highest BCUT2D eigenvalue weighted by Crippen LogP contribution is 2.13. The molecule has 0 aliphatic heterocycles. The molecule has 0 bridgehead atoms. The third kappa shape index (κ3) is 3.55. The van der Waals surface area contributed by atoms with Crippen LogP contribution in [0.25, 0.3) is 0 Å². The third-order valence-corrected chi connectivity index (χ3v) is 2.38. The van der Waals surface area contributed by atoms with E-state index in [-0.39, 0.29) is 11.2 Å². The molecule has 0 heterocycles. The molecule has 0 spiro atoms. The number of ether oxygens (including phenoxy) is 1. The van der Waals surface area contributed by atoms with Gasteiger partial charge in [-0.05, 0) is 32.0 Å². The Morgan fingerprint density at radius 2 is 2.19 bits per heavy atom. The molecule has 4 nitrogen and oxygen atoms in total. The van der Waals surface area contributed by atoms with Crippen LogP contribution in [-0.2, 0) is 4.74 Å². The molecule has 0 atom stereocenters. The maximum Gasteiger partial charge on any atom is 0.335 e. The van der Waals surface area contributed by atoms with Crippen LogP contribution in [0, 0.1) is 0 Å². The fourth-order valence-corrected chi connectivity index (χ4v) is 1.15. The molecule has 4 heteroatoms. The van der Waals surface area contributed by atoms with Gasteiger partial charge in [-0.1, -0.05) is 6.07 Å². The van der Waals surface area contributed by atoms with Crippen LogP contribution in [0.15, 0.2) is 24.3 Å². The predicted octanol–water partition coefficient (Wildman–Crippen LogP) is 2.22. The Labute approximate surface area is 95.2 Å². The van der Waals surface area contributed by atoms with Crippen LogP contribution < -0.4 is 5.32 Å². The minimum Gasteiger partial charge on any atom is -0.478 e. The molecule has 0 saturated carbocycles. The topological polar surface area (TPSA) is 58.6 Å². The second kappa shape index (κ2) is 4.99. The molecule has 0 radical (unpaired) electrons. The third-order valence-electron chi connectivity index (χ3n) is 2.38. The Morgan fingerprint density at radius 1 is 1.50 bits per heavy atom. The second-order valence-electron chi connectivity index (χ2n) is 4.20. The number of methoxy groups -OCH3 is 1. The number of rotatable bonds is 5. The highest BCUT2D eigenvalue weighted by molar-refractivity contribution is 5.88. The summed E-state index contributed by atoms with van der Waals surface area (Å²) in [5.74, 6) is -0.922. The number of carbonyl (C=O) groups is 1. The van der Waals surface area contributed by atoms with Crippen molar-refractivity contribution in [2.75, 3.05) is 19.0 Å². The fourth-order valence-electron chi connectivity index (χ4n) is 1.15. The zero-order valence-corrected chi connectivity index (χ0v) is 9.78. The minimum atomic E-state index is -0.922. The quantitative estimate of drug-likeness (QED) is 0.803. The molecule has 88 valence electrons. The lowest BCUT2D eigenvalue weighted by atomic mass is 10.1. The van der Waals surface area contributed by atoms with Gasteiger partial charge in [0.2, 0.25) is 0 Å². The molecule has 0 aromatic heterocycles. The molecule has 0 saturated heterocycles. The highest BCUT2D eigenvalue weighted by atomic mass is 16.5. The van der Waals surface area contributed by atoms with Crippen molar-refractivity contribution in [1.29, 1.82) is 0 Å². The van der Waals surface area contributed by atoms with Gasteiger partial charge >= 0.3 is 5.97 Å². The summed E-state index contributed by atoms with van der Waals surface area (Å²) in [7, 11) is 1.65. The van der Waals surface area contributed by atoms with Gasteiger partial charge in [0, 0.05) is 19.3 Å². The summed E-state index contributed by atoms with van der Waals surface area (Å²) in [6.07, 6.45) is 0. The van der Waals surface area contributed by atoms with Crippen LogP contribution in [0.1, 0.15) is 24.2 Å². The number of carboxylic acids is 1. The SMILES string of the molecule is COC(C)(C)CNc1cccc(C(=O)O)c1. The Bertz CT molecular complexity index is 374.